The van der Waals surface area contributed by atoms with Crippen molar-refractivity contribution in [3.8, 4) is 6.07 Å². The number of halogens is 4. The zero-order valence-electron chi connectivity index (χ0n) is 6.77. The van der Waals surface area contributed by atoms with Crippen molar-refractivity contribution >= 4 is 27.5 Å². The molecular formula is C8H4BrClF2N2. The molecule has 0 unspecified atom stereocenters. The molecule has 0 saturated carbocycles. The lowest BCUT2D eigenvalue weighted by molar-refractivity contribution is 0.149. The van der Waals surface area contributed by atoms with Crippen LogP contribution in [0.2, 0.25) is 0 Å². The summed E-state index contributed by atoms with van der Waals surface area (Å²) in [5, 5.41) is 8.55. The molecule has 0 aliphatic rings. The summed E-state index contributed by atoms with van der Waals surface area (Å²) in [5.74, 6) is -0.145. The predicted molar refractivity (Wildman–Crippen MR) is 51.2 cm³/mol. The molecule has 0 spiro atoms. The molecule has 1 rings (SSSR count). The minimum Gasteiger partial charge on any atom is -0.240 e. The first-order valence-corrected chi connectivity index (χ1v) is 4.86. The highest BCUT2D eigenvalue weighted by molar-refractivity contribution is 9.10. The molecule has 0 fully saturated rings. The van der Waals surface area contributed by atoms with Crippen molar-refractivity contribution in [3.05, 3.63) is 27.5 Å². The molecule has 0 aliphatic heterocycles. The van der Waals surface area contributed by atoms with E-state index in [1.807, 2.05) is 0 Å². The van der Waals surface area contributed by atoms with Gasteiger partial charge >= 0.3 is 0 Å². The molecule has 1 heterocycles. The van der Waals surface area contributed by atoms with E-state index in [-0.39, 0.29) is 27.3 Å². The Morgan fingerprint density at radius 1 is 1.64 bits per heavy atom. The smallest absolute Gasteiger partial charge is 0.240 e. The van der Waals surface area contributed by atoms with Crippen LogP contribution in [-0.2, 0) is 5.88 Å². The van der Waals surface area contributed by atoms with Crippen LogP contribution in [0.5, 0.6) is 0 Å². The van der Waals surface area contributed by atoms with E-state index in [0.29, 0.717) is 0 Å². The van der Waals surface area contributed by atoms with Gasteiger partial charge in [0.1, 0.15) is 11.8 Å². The molecule has 0 bridgehead atoms. The maximum atomic E-state index is 12.5. The monoisotopic (exact) mass is 280 g/mol. The van der Waals surface area contributed by atoms with Crippen molar-refractivity contribution in [2.45, 2.75) is 12.3 Å². The van der Waals surface area contributed by atoms with Crippen LogP contribution in [0.1, 0.15) is 23.4 Å². The number of pyridine rings is 1. The van der Waals surface area contributed by atoms with Crippen molar-refractivity contribution in [1.82, 2.24) is 4.98 Å². The quantitative estimate of drug-likeness (QED) is 0.779. The second-order valence-corrected chi connectivity index (χ2v) is 3.52. The number of rotatable bonds is 2. The van der Waals surface area contributed by atoms with Crippen LogP contribution < -0.4 is 0 Å². The van der Waals surface area contributed by atoms with Crippen LogP contribution in [0.15, 0.2) is 10.5 Å². The second-order valence-electron chi connectivity index (χ2n) is 2.40. The van der Waals surface area contributed by atoms with E-state index in [4.69, 9.17) is 16.9 Å². The molecule has 0 amide bonds. The van der Waals surface area contributed by atoms with Gasteiger partial charge in [0.2, 0.25) is 0 Å². The topological polar surface area (TPSA) is 36.7 Å². The third-order valence-corrected chi connectivity index (χ3v) is 2.46. The number of aromatic nitrogens is 1. The largest absolute Gasteiger partial charge is 0.266 e. The van der Waals surface area contributed by atoms with Gasteiger partial charge in [-0.1, -0.05) is 15.9 Å². The van der Waals surface area contributed by atoms with Crippen LogP contribution in [0.25, 0.3) is 0 Å². The Morgan fingerprint density at radius 2 is 2.29 bits per heavy atom. The summed E-state index contributed by atoms with van der Waals surface area (Å²) in [6.45, 7) is 0. The molecule has 0 aliphatic carbocycles. The highest BCUT2D eigenvalue weighted by Gasteiger charge is 2.18. The minimum atomic E-state index is -2.65. The Bertz CT molecular complexity index is 390. The van der Waals surface area contributed by atoms with Gasteiger partial charge in [-0.25, -0.2) is 13.8 Å². The Kier molecular flexibility index (Phi) is 3.78. The third kappa shape index (κ3) is 2.20. The highest BCUT2D eigenvalue weighted by Crippen LogP contribution is 2.30. The molecular weight excluding hydrogens is 277 g/mol. The van der Waals surface area contributed by atoms with Gasteiger partial charge in [0.05, 0.1) is 17.1 Å². The summed E-state index contributed by atoms with van der Waals surface area (Å²) in [5.41, 5.74) is -0.150. The number of nitriles is 1. The zero-order chi connectivity index (χ0) is 10.7. The summed E-state index contributed by atoms with van der Waals surface area (Å²) in [6.07, 6.45) is -2.65. The van der Waals surface area contributed by atoms with Gasteiger partial charge in [0.15, 0.2) is 0 Å². The van der Waals surface area contributed by atoms with Gasteiger partial charge in [-0.3, -0.25) is 0 Å². The molecule has 0 radical (unpaired) electrons. The maximum absolute atomic E-state index is 12.5. The zero-order valence-corrected chi connectivity index (χ0v) is 9.11. The van der Waals surface area contributed by atoms with Crippen molar-refractivity contribution < 1.29 is 8.78 Å². The second kappa shape index (κ2) is 4.67. The molecule has 0 atom stereocenters. The Balaban J connectivity index is 3.36. The van der Waals surface area contributed by atoms with Crippen LogP contribution in [0.4, 0.5) is 8.78 Å². The predicted octanol–water partition coefficient (Wildman–Crippen LogP) is 3.39. The van der Waals surface area contributed by atoms with Crippen molar-refractivity contribution in [1.29, 1.82) is 5.26 Å². The number of hydrogen-bond donors (Lipinski definition) is 0. The Labute approximate surface area is 92.6 Å². The summed E-state index contributed by atoms with van der Waals surface area (Å²) in [6, 6.07) is 3.01. The molecule has 6 heteroatoms. The average Bonchev–Trinajstić information content (AvgIpc) is 2.15. The third-order valence-electron chi connectivity index (χ3n) is 1.55. The van der Waals surface area contributed by atoms with E-state index >= 15 is 0 Å². The number of alkyl halides is 3. The summed E-state index contributed by atoms with van der Waals surface area (Å²) in [4.78, 5) is 3.69. The molecule has 1 aromatic heterocycles. The van der Waals surface area contributed by atoms with E-state index < -0.39 is 6.43 Å². The molecule has 0 N–H and O–H groups in total. The highest BCUT2D eigenvalue weighted by atomic mass is 79.9. The lowest BCUT2D eigenvalue weighted by atomic mass is 10.2. The Hall–Kier alpha value is -0.730. The molecule has 1 aromatic rings. The van der Waals surface area contributed by atoms with E-state index in [9.17, 15) is 8.78 Å². The fraction of sp³-hybridized carbons (Fsp3) is 0.250. The van der Waals surface area contributed by atoms with Gasteiger partial charge in [0.25, 0.3) is 6.43 Å². The SMILES string of the molecule is N#Cc1cc(Br)c(C(F)F)c(CCl)n1. The van der Waals surface area contributed by atoms with Gasteiger partial charge < -0.3 is 0 Å². The minimum absolute atomic E-state index is 0.0348. The summed E-state index contributed by atoms with van der Waals surface area (Å²) < 4.78 is 25.2. The van der Waals surface area contributed by atoms with E-state index in [2.05, 4.69) is 20.9 Å². The molecule has 0 saturated heterocycles. The number of hydrogen-bond acceptors (Lipinski definition) is 2. The van der Waals surface area contributed by atoms with Crippen molar-refractivity contribution in [3.63, 3.8) is 0 Å². The molecule has 0 aromatic carbocycles. The standard InChI is InChI=1S/C8H4BrClF2N2/c9-5-1-4(3-13)14-6(2-10)7(5)8(11)12/h1,8H,2H2. The fourth-order valence-electron chi connectivity index (χ4n) is 0.963. The van der Waals surface area contributed by atoms with Gasteiger partial charge in [-0.2, -0.15) is 5.26 Å². The van der Waals surface area contributed by atoms with E-state index in [1.54, 1.807) is 6.07 Å². The number of nitrogens with zero attached hydrogens (tertiary/aromatic N) is 2. The van der Waals surface area contributed by atoms with Gasteiger partial charge in [-0.05, 0) is 6.07 Å². The summed E-state index contributed by atoms with van der Waals surface area (Å²) >= 11 is 8.40. The average molecular weight is 281 g/mol. The van der Waals surface area contributed by atoms with Gasteiger partial charge in [0, 0.05) is 4.47 Å². The van der Waals surface area contributed by atoms with Crippen molar-refractivity contribution in [2.24, 2.45) is 0 Å². The van der Waals surface area contributed by atoms with Crippen LogP contribution in [0, 0.1) is 11.3 Å². The first kappa shape index (κ1) is 11.3. The van der Waals surface area contributed by atoms with Crippen LogP contribution in [-0.4, -0.2) is 4.98 Å². The lowest BCUT2D eigenvalue weighted by Gasteiger charge is -2.07. The lowest BCUT2D eigenvalue weighted by Crippen LogP contribution is -2.00. The van der Waals surface area contributed by atoms with Gasteiger partial charge in [-0.15, -0.1) is 11.6 Å². The normalized spacial score (nSPS) is 10.3. The maximum Gasteiger partial charge on any atom is 0.266 e. The van der Waals surface area contributed by atoms with Crippen molar-refractivity contribution in [2.75, 3.05) is 0 Å². The fourth-order valence-corrected chi connectivity index (χ4v) is 1.79. The molecule has 14 heavy (non-hydrogen) atoms. The summed E-state index contributed by atoms with van der Waals surface area (Å²) in [7, 11) is 0. The molecule has 74 valence electrons. The molecule has 2 nitrogen and oxygen atoms in total. The van der Waals surface area contributed by atoms with E-state index in [1.165, 1.54) is 6.07 Å². The van der Waals surface area contributed by atoms with Crippen LogP contribution >= 0.6 is 27.5 Å². The first-order chi connectivity index (χ1) is 6.60. The van der Waals surface area contributed by atoms with Crippen LogP contribution in [0.3, 0.4) is 0 Å². The van der Waals surface area contributed by atoms with E-state index in [0.717, 1.165) is 0 Å². The first-order valence-electron chi connectivity index (χ1n) is 3.53. The Morgan fingerprint density at radius 3 is 2.71 bits per heavy atom.